The number of hydrogen-bond acceptors (Lipinski definition) is 6. The molecule has 4 rings (SSSR count). The van der Waals surface area contributed by atoms with Crippen molar-refractivity contribution in [2.24, 2.45) is 0 Å². The van der Waals surface area contributed by atoms with Crippen LogP contribution in [-0.2, 0) is 10.0 Å². The Morgan fingerprint density at radius 3 is 2.66 bits per heavy atom. The standard InChI is InChI=1S/C22H24FN3O5S/c1-3-25(2)22(28)15-7-4-5-8-20(15)32(29,30)24-21(27)19-13-16-17(23)11-14(12-18(16)31-19)26-9-6-10-26/h4-5,7-8,11-13,21,24,27H,3,6,9-10H2,1-2H3. The first-order chi connectivity index (χ1) is 15.2. The highest BCUT2D eigenvalue weighted by atomic mass is 32.2. The molecule has 0 bridgehead atoms. The molecule has 1 unspecified atom stereocenters. The number of carbonyl (C=O) groups excluding carboxylic acids is 1. The van der Waals surface area contributed by atoms with E-state index in [1.54, 1.807) is 26.1 Å². The van der Waals surface area contributed by atoms with E-state index in [1.807, 2.05) is 4.90 Å². The molecular weight excluding hydrogens is 437 g/mol. The van der Waals surface area contributed by atoms with Crippen LogP contribution in [0.5, 0.6) is 0 Å². The SMILES string of the molecule is CCN(C)C(=O)c1ccccc1S(=O)(=O)NC(O)c1cc2c(F)cc(N3CCC3)cc2o1. The molecule has 0 saturated carbocycles. The van der Waals surface area contributed by atoms with Gasteiger partial charge < -0.3 is 19.3 Å². The first-order valence-electron chi connectivity index (χ1n) is 10.2. The predicted octanol–water partition coefficient (Wildman–Crippen LogP) is 2.84. The van der Waals surface area contributed by atoms with Gasteiger partial charge in [-0.15, -0.1) is 0 Å². The summed E-state index contributed by atoms with van der Waals surface area (Å²) in [5.74, 6) is -1.14. The van der Waals surface area contributed by atoms with Crippen molar-refractivity contribution in [2.45, 2.75) is 24.5 Å². The Morgan fingerprint density at radius 1 is 1.28 bits per heavy atom. The van der Waals surface area contributed by atoms with Crippen LogP contribution in [0.1, 0.15) is 35.7 Å². The summed E-state index contributed by atoms with van der Waals surface area (Å²) < 4.78 is 48.1. The fourth-order valence-corrected chi connectivity index (χ4v) is 4.73. The maximum Gasteiger partial charge on any atom is 0.254 e. The minimum absolute atomic E-state index is 0.0219. The number of furan rings is 1. The number of benzene rings is 2. The van der Waals surface area contributed by atoms with Crippen molar-refractivity contribution < 1.29 is 27.1 Å². The van der Waals surface area contributed by atoms with Crippen molar-refractivity contribution in [1.29, 1.82) is 0 Å². The van der Waals surface area contributed by atoms with Gasteiger partial charge in [0.15, 0.2) is 6.23 Å². The number of nitrogens with one attached hydrogen (secondary N) is 1. The molecule has 2 aromatic carbocycles. The normalized spacial score (nSPS) is 14.9. The van der Waals surface area contributed by atoms with E-state index >= 15 is 0 Å². The van der Waals surface area contributed by atoms with Gasteiger partial charge in [-0.25, -0.2) is 12.8 Å². The van der Waals surface area contributed by atoms with Crippen LogP contribution in [0.4, 0.5) is 10.1 Å². The van der Waals surface area contributed by atoms with Crippen molar-refractivity contribution in [3.63, 3.8) is 0 Å². The van der Waals surface area contributed by atoms with E-state index in [0.29, 0.717) is 12.2 Å². The lowest BCUT2D eigenvalue weighted by Crippen LogP contribution is -2.36. The van der Waals surface area contributed by atoms with Gasteiger partial charge >= 0.3 is 0 Å². The second kappa shape index (κ2) is 8.53. The van der Waals surface area contributed by atoms with Crippen LogP contribution in [0.2, 0.25) is 0 Å². The van der Waals surface area contributed by atoms with Crippen LogP contribution >= 0.6 is 0 Å². The summed E-state index contributed by atoms with van der Waals surface area (Å²) >= 11 is 0. The summed E-state index contributed by atoms with van der Waals surface area (Å²) in [6.45, 7) is 3.82. The summed E-state index contributed by atoms with van der Waals surface area (Å²) in [5, 5.41) is 10.7. The molecule has 2 N–H and O–H groups in total. The summed E-state index contributed by atoms with van der Waals surface area (Å²) in [6, 6.07) is 10.0. The van der Waals surface area contributed by atoms with Crippen molar-refractivity contribution in [2.75, 3.05) is 31.6 Å². The highest BCUT2D eigenvalue weighted by Crippen LogP contribution is 2.32. The van der Waals surface area contributed by atoms with E-state index in [9.17, 15) is 22.7 Å². The summed E-state index contributed by atoms with van der Waals surface area (Å²) in [5.41, 5.74) is 0.858. The van der Waals surface area contributed by atoms with Crippen LogP contribution < -0.4 is 9.62 Å². The van der Waals surface area contributed by atoms with Gasteiger partial charge in [0.05, 0.1) is 15.8 Å². The smallest absolute Gasteiger partial charge is 0.254 e. The van der Waals surface area contributed by atoms with E-state index < -0.39 is 28.0 Å². The van der Waals surface area contributed by atoms with Crippen LogP contribution in [0.15, 0.2) is 51.8 Å². The first-order valence-corrected chi connectivity index (χ1v) is 11.7. The number of halogens is 1. The summed E-state index contributed by atoms with van der Waals surface area (Å²) in [6.07, 6.45) is -0.743. The summed E-state index contributed by atoms with van der Waals surface area (Å²) in [7, 11) is -2.74. The molecule has 1 aliphatic heterocycles. The molecule has 3 aromatic rings. The zero-order chi connectivity index (χ0) is 23.0. The highest BCUT2D eigenvalue weighted by molar-refractivity contribution is 7.89. The van der Waals surface area contributed by atoms with Crippen LogP contribution in [0.25, 0.3) is 11.0 Å². The Morgan fingerprint density at radius 2 is 2.00 bits per heavy atom. The van der Waals surface area contributed by atoms with Crippen LogP contribution in [0.3, 0.4) is 0 Å². The monoisotopic (exact) mass is 461 g/mol. The van der Waals surface area contributed by atoms with E-state index in [-0.39, 0.29) is 27.2 Å². The molecule has 1 atom stereocenters. The number of fused-ring (bicyclic) bond motifs is 1. The van der Waals surface area contributed by atoms with Gasteiger partial charge in [-0.2, -0.15) is 4.72 Å². The Bertz CT molecular complexity index is 1270. The third-order valence-electron chi connectivity index (χ3n) is 5.58. The van der Waals surface area contributed by atoms with E-state index in [4.69, 9.17) is 4.42 Å². The average Bonchev–Trinajstić information content (AvgIpc) is 3.16. The predicted molar refractivity (Wildman–Crippen MR) is 117 cm³/mol. The van der Waals surface area contributed by atoms with E-state index in [2.05, 4.69) is 4.72 Å². The molecule has 170 valence electrons. The fraction of sp³-hybridized carbons (Fsp3) is 0.318. The molecule has 1 saturated heterocycles. The number of nitrogens with zero attached hydrogens (tertiary/aromatic N) is 2. The van der Waals surface area contributed by atoms with Gasteiger partial charge in [0.25, 0.3) is 5.91 Å². The molecule has 0 spiro atoms. The second-order valence-electron chi connectivity index (χ2n) is 7.67. The molecule has 0 aliphatic carbocycles. The van der Waals surface area contributed by atoms with E-state index in [0.717, 1.165) is 19.5 Å². The number of hydrogen-bond donors (Lipinski definition) is 2. The lowest BCUT2D eigenvalue weighted by molar-refractivity contribution is 0.0798. The molecule has 2 heterocycles. The van der Waals surface area contributed by atoms with Crippen LogP contribution in [0, 0.1) is 5.82 Å². The lowest BCUT2D eigenvalue weighted by Gasteiger charge is -2.33. The lowest BCUT2D eigenvalue weighted by atomic mass is 10.1. The highest BCUT2D eigenvalue weighted by Gasteiger charge is 2.28. The second-order valence-corrected chi connectivity index (χ2v) is 9.35. The minimum Gasteiger partial charge on any atom is -0.457 e. The Labute approximate surface area is 185 Å². The maximum absolute atomic E-state index is 14.5. The largest absolute Gasteiger partial charge is 0.457 e. The van der Waals surface area contributed by atoms with Gasteiger partial charge in [0.1, 0.15) is 17.2 Å². The molecule has 32 heavy (non-hydrogen) atoms. The molecule has 1 aliphatic rings. The molecular formula is C22H24FN3O5S. The van der Waals surface area contributed by atoms with Gasteiger partial charge in [-0.3, -0.25) is 4.79 Å². The minimum atomic E-state index is -4.30. The van der Waals surface area contributed by atoms with E-state index in [1.165, 1.54) is 35.2 Å². The topological polar surface area (TPSA) is 103 Å². The maximum atomic E-state index is 14.5. The van der Waals surface area contributed by atoms with Crippen molar-refractivity contribution >= 4 is 32.6 Å². The van der Waals surface area contributed by atoms with Gasteiger partial charge in [0, 0.05) is 38.4 Å². The Kier molecular flexibility index (Phi) is 5.93. The number of amides is 1. The van der Waals surface area contributed by atoms with Crippen molar-refractivity contribution in [3.05, 3.63) is 59.6 Å². The third-order valence-corrected chi connectivity index (χ3v) is 7.04. The van der Waals surface area contributed by atoms with Crippen molar-refractivity contribution in [3.8, 4) is 0 Å². The molecule has 8 nitrogen and oxygen atoms in total. The zero-order valence-electron chi connectivity index (χ0n) is 17.7. The molecule has 1 amide bonds. The summed E-state index contributed by atoms with van der Waals surface area (Å²) in [4.78, 5) is 15.7. The fourth-order valence-electron chi connectivity index (χ4n) is 3.49. The Hall–Kier alpha value is -2.95. The van der Waals surface area contributed by atoms with Gasteiger partial charge in [-0.05, 0) is 37.6 Å². The zero-order valence-corrected chi connectivity index (χ0v) is 18.5. The quantitative estimate of drug-likeness (QED) is 0.525. The van der Waals surface area contributed by atoms with Gasteiger partial charge in [0.2, 0.25) is 10.0 Å². The molecule has 10 heteroatoms. The number of sulfonamides is 1. The van der Waals surface area contributed by atoms with Crippen LogP contribution in [-0.4, -0.2) is 51.0 Å². The average molecular weight is 462 g/mol. The Balaban J connectivity index is 1.62. The van der Waals surface area contributed by atoms with Gasteiger partial charge in [-0.1, -0.05) is 12.1 Å². The molecule has 1 aromatic heterocycles. The number of aliphatic hydroxyl groups excluding tert-OH is 1. The van der Waals surface area contributed by atoms with Crippen molar-refractivity contribution in [1.82, 2.24) is 9.62 Å². The number of rotatable bonds is 7. The third kappa shape index (κ3) is 4.08. The number of anilines is 1. The number of carbonyl (C=O) groups is 1. The molecule has 1 fully saturated rings. The first kappa shape index (κ1) is 22.3. The number of aliphatic hydroxyl groups is 1. The molecule has 0 radical (unpaired) electrons.